The second-order valence-electron chi connectivity index (χ2n) is 9.27. The van der Waals surface area contributed by atoms with Gasteiger partial charge in [-0.25, -0.2) is 8.78 Å². The number of nitrogens with zero attached hydrogens (tertiary/aromatic N) is 3. The van der Waals surface area contributed by atoms with Crippen molar-refractivity contribution in [1.82, 2.24) is 9.47 Å². The number of pyridine rings is 1. The SMILES string of the molecule is COc1c(C(=O)Nc2cc(F)c(N3CCN(C)CC3)c(F)c2)c(=O)n(CC(C)C)c2ccccc12. The van der Waals surface area contributed by atoms with Crippen molar-refractivity contribution in [3.8, 4) is 5.75 Å². The van der Waals surface area contributed by atoms with E-state index in [0.717, 1.165) is 12.1 Å². The minimum Gasteiger partial charge on any atom is -0.495 e. The van der Waals surface area contributed by atoms with Crippen LogP contribution in [0.3, 0.4) is 0 Å². The van der Waals surface area contributed by atoms with Gasteiger partial charge in [0.05, 0.1) is 12.6 Å². The van der Waals surface area contributed by atoms with E-state index in [-0.39, 0.29) is 28.6 Å². The molecule has 4 rings (SSSR count). The summed E-state index contributed by atoms with van der Waals surface area (Å²) in [6, 6.07) is 9.32. The Kier molecular flexibility index (Phi) is 7.07. The average molecular weight is 485 g/mol. The summed E-state index contributed by atoms with van der Waals surface area (Å²) >= 11 is 0. The normalized spacial score (nSPS) is 14.5. The Balaban J connectivity index is 1.72. The van der Waals surface area contributed by atoms with E-state index in [2.05, 4.69) is 10.2 Å². The van der Waals surface area contributed by atoms with Gasteiger partial charge in [-0.1, -0.05) is 26.0 Å². The van der Waals surface area contributed by atoms with Crippen LogP contribution in [0.15, 0.2) is 41.2 Å². The molecule has 2 aromatic carbocycles. The van der Waals surface area contributed by atoms with Crippen molar-refractivity contribution < 1.29 is 18.3 Å². The molecule has 35 heavy (non-hydrogen) atoms. The van der Waals surface area contributed by atoms with Crippen LogP contribution in [0.4, 0.5) is 20.2 Å². The van der Waals surface area contributed by atoms with Crippen LogP contribution in [-0.4, -0.2) is 55.7 Å². The van der Waals surface area contributed by atoms with Crippen LogP contribution < -0.4 is 20.5 Å². The molecule has 1 aliphatic heterocycles. The molecular weight excluding hydrogens is 454 g/mol. The summed E-state index contributed by atoms with van der Waals surface area (Å²) in [6.45, 7) is 6.73. The van der Waals surface area contributed by atoms with Gasteiger partial charge in [0.25, 0.3) is 11.5 Å². The van der Waals surface area contributed by atoms with Crippen molar-refractivity contribution in [2.45, 2.75) is 20.4 Å². The van der Waals surface area contributed by atoms with E-state index in [9.17, 15) is 18.4 Å². The number of halogens is 2. The number of hydrogen-bond acceptors (Lipinski definition) is 5. The topological polar surface area (TPSA) is 66.8 Å². The number of likely N-dealkylation sites (N-methyl/N-ethyl adjacent to an activating group) is 1. The van der Waals surface area contributed by atoms with Crippen LogP contribution in [0.25, 0.3) is 10.9 Å². The fourth-order valence-electron chi connectivity index (χ4n) is 4.50. The molecular formula is C26H30F2N4O3. The number of para-hydroxylation sites is 1. The molecule has 0 radical (unpaired) electrons. The lowest BCUT2D eigenvalue weighted by Crippen LogP contribution is -2.45. The third-order valence-corrected chi connectivity index (χ3v) is 6.20. The monoisotopic (exact) mass is 484 g/mol. The summed E-state index contributed by atoms with van der Waals surface area (Å²) in [5.74, 6) is -2.06. The van der Waals surface area contributed by atoms with E-state index in [1.54, 1.807) is 23.1 Å². The van der Waals surface area contributed by atoms with Crippen LogP contribution in [-0.2, 0) is 6.54 Å². The molecule has 0 unspecified atom stereocenters. The summed E-state index contributed by atoms with van der Waals surface area (Å²) in [6.07, 6.45) is 0. The highest BCUT2D eigenvalue weighted by Crippen LogP contribution is 2.31. The molecule has 0 saturated carbocycles. The predicted octanol–water partition coefficient (Wildman–Crippen LogP) is 3.95. The number of anilines is 2. The number of rotatable bonds is 6. The Hall–Kier alpha value is -3.46. The molecule has 3 aromatic rings. The Morgan fingerprint density at radius 3 is 2.31 bits per heavy atom. The number of hydrogen-bond donors (Lipinski definition) is 1. The quantitative estimate of drug-likeness (QED) is 0.574. The van der Waals surface area contributed by atoms with Crippen LogP contribution in [0, 0.1) is 17.6 Å². The highest BCUT2D eigenvalue weighted by atomic mass is 19.1. The number of ether oxygens (including phenoxy) is 1. The number of carbonyl (C=O) groups is 1. The van der Waals surface area contributed by atoms with Crippen molar-refractivity contribution in [2.24, 2.45) is 5.92 Å². The van der Waals surface area contributed by atoms with Crippen molar-refractivity contribution in [3.05, 3.63) is 63.9 Å². The smallest absolute Gasteiger partial charge is 0.267 e. The van der Waals surface area contributed by atoms with Gasteiger partial charge in [0.15, 0.2) is 11.6 Å². The molecule has 7 nitrogen and oxygen atoms in total. The highest BCUT2D eigenvalue weighted by Gasteiger charge is 2.26. The van der Waals surface area contributed by atoms with Crippen molar-refractivity contribution in [1.29, 1.82) is 0 Å². The Morgan fingerprint density at radius 1 is 1.09 bits per heavy atom. The zero-order chi connectivity index (χ0) is 25.3. The lowest BCUT2D eigenvalue weighted by Gasteiger charge is -2.34. The Labute approximate surface area is 202 Å². The Bertz CT molecular complexity index is 1290. The van der Waals surface area contributed by atoms with Gasteiger partial charge in [-0.2, -0.15) is 0 Å². The summed E-state index contributed by atoms with van der Waals surface area (Å²) in [5, 5.41) is 3.10. The van der Waals surface area contributed by atoms with Gasteiger partial charge >= 0.3 is 0 Å². The number of methoxy groups -OCH3 is 1. The zero-order valence-corrected chi connectivity index (χ0v) is 20.4. The average Bonchev–Trinajstić information content (AvgIpc) is 2.81. The number of fused-ring (bicyclic) bond motifs is 1. The van der Waals surface area contributed by atoms with E-state index >= 15 is 0 Å². The number of aromatic nitrogens is 1. The minimum atomic E-state index is -0.791. The lowest BCUT2D eigenvalue weighted by molar-refractivity contribution is 0.102. The van der Waals surface area contributed by atoms with Crippen LogP contribution in [0.5, 0.6) is 5.75 Å². The fourth-order valence-corrected chi connectivity index (χ4v) is 4.50. The predicted molar refractivity (Wildman–Crippen MR) is 134 cm³/mol. The zero-order valence-electron chi connectivity index (χ0n) is 20.4. The first-order valence-electron chi connectivity index (χ1n) is 11.6. The van der Waals surface area contributed by atoms with E-state index in [4.69, 9.17) is 4.74 Å². The van der Waals surface area contributed by atoms with Gasteiger partial charge in [0.1, 0.15) is 17.0 Å². The van der Waals surface area contributed by atoms with Gasteiger partial charge in [-0.05, 0) is 37.2 Å². The third kappa shape index (κ3) is 4.86. The fraction of sp³-hybridized carbons (Fsp3) is 0.385. The Morgan fingerprint density at radius 2 is 1.71 bits per heavy atom. The van der Waals surface area contributed by atoms with E-state index in [1.807, 2.05) is 27.0 Å². The number of amides is 1. The molecule has 1 amide bonds. The first-order valence-corrected chi connectivity index (χ1v) is 11.6. The number of piperazine rings is 1. The molecule has 1 aromatic heterocycles. The molecule has 186 valence electrons. The molecule has 1 aliphatic rings. The summed E-state index contributed by atoms with van der Waals surface area (Å²) in [4.78, 5) is 30.4. The van der Waals surface area contributed by atoms with E-state index < -0.39 is 23.1 Å². The number of benzene rings is 2. The van der Waals surface area contributed by atoms with Gasteiger partial charge in [-0.15, -0.1) is 0 Å². The minimum absolute atomic E-state index is 0.0760. The van der Waals surface area contributed by atoms with Crippen LogP contribution in [0.2, 0.25) is 0 Å². The summed E-state index contributed by atoms with van der Waals surface area (Å²) < 4.78 is 36.9. The first-order chi connectivity index (χ1) is 16.7. The molecule has 9 heteroatoms. The maximum Gasteiger partial charge on any atom is 0.267 e. The summed E-state index contributed by atoms with van der Waals surface area (Å²) in [5.41, 5.74) is -0.280. The molecule has 0 atom stereocenters. The molecule has 0 bridgehead atoms. The number of carbonyl (C=O) groups excluding carboxylic acids is 1. The second kappa shape index (κ2) is 10.0. The van der Waals surface area contributed by atoms with E-state index in [1.165, 1.54) is 11.7 Å². The molecule has 0 aliphatic carbocycles. The second-order valence-corrected chi connectivity index (χ2v) is 9.27. The molecule has 0 spiro atoms. The molecule has 1 N–H and O–H groups in total. The van der Waals surface area contributed by atoms with Gasteiger partial charge in [-0.3, -0.25) is 9.59 Å². The molecule has 2 heterocycles. The maximum atomic E-state index is 14.9. The summed E-state index contributed by atoms with van der Waals surface area (Å²) in [7, 11) is 3.34. The molecule has 1 fully saturated rings. The van der Waals surface area contributed by atoms with Gasteiger partial charge in [0, 0.05) is 43.8 Å². The van der Waals surface area contributed by atoms with Crippen molar-refractivity contribution in [2.75, 3.05) is 50.6 Å². The van der Waals surface area contributed by atoms with Crippen molar-refractivity contribution >= 4 is 28.2 Å². The first kappa shape index (κ1) is 24.7. The highest BCUT2D eigenvalue weighted by molar-refractivity contribution is 6.09. The van der Waals surface area contributed by atoms with Crippen molar-refractivity contribution in [3.63, 3.8) is 0 Å². The van der Waals surface area contributed by atoms with Gasteiger partial charge in [0.2, 0.25) is 0 Å². The van der Waals surface area contributed by atoms with E-state index in [0.29, 0.717) is 43.6 Å². The lowest BCUT2D eigenvalue weighted by atomic mass is 10.1. The third-order valence-electron chi connectivity index (χ3n) is 6.20. The standard InChI is InChI=1S/C26H30F2N4O3/c1-16(2)15-32-21-8-6-5-7-18(21)24(35-4)22(26(32)34)25(33)29-17-13-19(27)23(20(28)14-17)31-11-9-30(3)10-12-31/h5-8,13-14,16H,9-12,15H2,1-4H3,(H,29,33). The molecule has 1 saturated heterocycles. The van der Waals surface area contributed by atoms with Crippen LogP contribution >= 0.6 is 0 Å². The maximum absolute atomic E-state index is 14.9. The largest absolute Gasteiger partial charge is 0.495 e. The number of nitrogens with one attached hydrogen (secondary N) is 1. The van der Waals surface area contributed by atoms with Crippen LogP contribution in [0.1, 0.15) is 24.2 Å². The van der Waals surface area contributed by atoms with Gasteiger partial charge < -0.3 is 24.4 Å².